The summed E-state index contributed by atoms with van der Waals surface area (Å²) >= 11 is 0. The molecule has 1 aliphatic rings. The Morgan fingerprint density at radius 1 is 1.29 bits per heavy atom. The molecule has 1 aliphatic heterocycles. The molecule has 1 aromatic carbocycles. The summed E-state index contributed by atoms with van der Waals surface area (Å²) in [5.41, 5.74) is 1.80. The Morgan fingerprint density at radius 3 is 2.57 bits per heavy atom. The number of benzene rings is 1. The average Bonchev–Trinajstić information content (AvgIpc) is 2.66. The molecule has 1 heterocycles. The zero-order valence-electron chi connectivity index (χ0n) is 17.5. The molecule has 1 aromatic rings. The Hall–Kier alpha value is -1.64. The van der Waals surface area contributed by atoms with Gasteiger partial charge in [-0.15, -0.1) is 0 Å². The molecule has 8 heteroatoms. The van der Waals surface area contributed by atoms with E-state index in [-0.39, 0.29) is 0 Å². The van der Waals surface area contributed by atoms with E-state index in [2.05, 4.69) is 20.5 Å². The summed E-state index contributed by atoms with van der Waals surface area (Å²) in [5.74, 6) is 1.42. The molecule has 0 atom stereocenters. The zero-order valence-corrected chi connectivity index (χ0v) is 18.3. The highest BCUT2D eigenvalue weighted by Gasteiger charge is 2.19. The molecule has 1 saturated heterocycles. The van der Waals surface area contributed by atoms with Gasteiger partial charge < -0.3 is 20.3 Å². The van der Waals surface area contributed by atoms with Crippen molar-refractivity contribution in [2.24, 2.45) is 10.9 Å². The second-order valence-corrected chi connectivity index (χ2v) is 9.44. The van der Waals surface area contributed by atoms with Crippen LogP contribution in [0, 0.1) is 12.8 Å². The highest BCUT2D eigenvalue weighted by Crippen LogP contribution is 2.17. The summed E-state index contributed by atoms with van der Waals surface area (Å²) in [6.45, 7) is 7.37. The lowest BCUT2D eigenvalue weighted by Gasteiger charge is -2.32. The quantitative estimate of drug-likeness (QED) is 0.498. The second kappa shape index (κ2) is 10.8. The van der Waals surface area contributed by atoms with Gasteiger partial charge in [0.05, 0.1) is 11.5 Å². The molecule has 0 radical (unpaired) electrons. The van der Waals surface area contributed by atoms with Gasteiger partial charge in [-0.25, -0.2) is 8.42 Å². The average molecular weight is 411 g/mol. The first-order valence-electron chi connectivity index (χ1n) is 9.79. The number of nitrogens with zero attached hydrogens (tertiary/aromatic N) is 2. The van der Waals surface area contributed by atoms with Gasteiger partial charge in [0.25, 0.3) is 0 Å². The standard InChI is InChI=1S/C20H34N4O3S/c1-16-13-18(5-6-19(16)28(4,25)26)15-23-20(21-2)22-14-17-7-9-24(10-8-17)11-12-27-3/h5-6,13,17H,7-12,14-15H2,1-4H3,(H2,21,22,23). The number of sulfone groups is 1. The third kappa shape index (κ3) is 7.07. The van der Waals surface area contributed by atoms with Crippen LogP contribution in [0.4, 0.5) is 0 Å². The van der Waals surface area contributed by atoms with Crippen LogP contribution < -0.4 is 10.6 Å². The molecule has 2 rings (SSSR count). The number of hydrogen-bond acceptors (Lipinski definition) is 5. The SMILES string of the molecule is CN=C(NCc1ccc(S(C)(=O)=O)c(C)c1)NCC1CCN(CCOC)CC1. The van der Waals surface area contributed by atoms with Gasteiger partial charge in [-0.3, -0.25) is 4.99 Å². The molecule has 0 bridgehead atoms. The van der Waals surface area contributed by atoms with E-state index in [0.29, 0.717) is 17.4 Å². The molecule has 0 spiro atoms. The molecule has 0 aromatic heterocycles. The normalized spacial score (nSPS) is 16.9. The van der Waals surface area contributed by atoms with E-state index in [0.717, 1.165) is 49.9 Å². The largest absolute Gasteiger partial charge is 0.383 e. The van der Waals surface area contributed by atoms with Crippen molar-refractivity contribution in [3.05, 3.63) is 29.3 Å². The predicted octanol–water partition coefficient (Wildman–Crippen LogP) is 1.42. The lowest BCUT2D eigenvalue weighted by atomic mass is 9.97. The maximum atomic E-state index is 11.7. The van der Waals surface area contributed by atoms with Gasteiger partial charge in [0, 0.05) is 40.0 Å². The maximum absolute atomic E-state index is 11.7. The number of aryl methyl sites for hydroxylation is 1. The third-order valence-corrected chi connectivity index (χ3v) is 6.46. The fourth-order valence-electron chi connectivity index (χ4n) is 3.52. The van der Waals surface area contributed by atoms with E-state index in [4.69, 9.17) is 4.74 Å². The molecule has 28 heavy (non-hydrogen) atoms. The fourth-order valence-corrected chi connectivity index (χ4v) is 4.48. The second-order valence-electron chi connectivity index (χ2n) is 7.46. The van der Waals surface area contributed by atoms with Crippen molar-refractivity contribution in [2.75, 3.05) is 53.2 Å². The van der Waals surface area contributed by atoms with Crippen molar-refractivity contribution >= 4 is 15.8 Å². The van der Waals surface area contributed by atoms with Crippen molar-refractivity contribution in [3.8, 4) is 0 Å². The van der Waals surface area contributed by atoms with E-state index in [1.807, 2.05) is 19.1 Å². The van der Waals surface area contributed by atoms with E-state index in [1.165, 1.54) is 19.1 Å². The number of methoxy groups -OCH3 is 1. The number of aliphatic imine (C=N–C) groups is 1. The molecule has 7 nitrogen and oxygen atoms in total. The molecule has 1 fully saturated rings. The molecule has 0 amide bonds. The van der Waals surface area contributed by atoms with Crippen LogP contribution >= 0.6 is 0 Å². The number of nitrogens with one attached hydrogen (secondary N) is 2. The Labute approximate surface area is 169 Å². The number of likely N-dealkylation sites (tertiary alicyclic amines) is 1. The molecule has 0 aliphatic carbocycles. The number of piperidine rings is 1. The monoisotopic (exact) mass is 410 g/mol. The van der Waals surface area contributed by atoms with Gasteiger partial charge in [0.1, 0.15) is 0 Å². The Morgan fingerprint density at radius 2 is 2.00 bits per heavy atom. The van der Waals surface area contributed by atoms with Crippen LogP contribution in [0.15, 0.2) is 28.1 Å². The van der Waals surface area contributed by atoms with E-state index >= 15 is 0 Å². The van der Waals surface area contributed by atoms with Crippen molar-refractivity contribution in [3.63, 3.8) is 0 Å². The summed E-state index contributed by atoms with van der Waals surface area (Å²) in [7, 11) is 0.328. The topological polar surface area (TPSA) is 83.0 Å². The van der Waals surface area contributed by atoms with Crippen LogP contribution in [-0.4, -0.2) is 72.5 Å². The Balaban J connectivity index is 1.77. The fraction of sp³-hybridized carbons (Fsp3) is 0.650. The van der Waals surface area contributed by atoms with Crippen LogP contribution in [0.2, 0.25) is 0 Å². The van der Waals surface area contributed by atoms with Gasteiger partial charge in [-0.05, 0) is 56.0 Å². The first kappa shape index (κ1) is 22.6. The third-order valence-electron chi connectivity index (χ3n) is 5.20. The number of rotatable bonds is 8. The summed E-state index contributed by atoms with van der Waals surface area (Å²) in [6, 6.07) is 5.43. The van der Waals surface area contributed by atoms with Crippen molar-refractivity contribution in [1.29, 1.82) is 0 Å². The summed E-state index contributed by atoms with van der Waals surface area (Å²) in [4.78, 5) is 7.13. The van der Waals surface area contributed by atoms with Gasteiger partial charge >= 0.3 is 0 Å². The molecule has 0 unspecified atom stereocenters. The van der Waals surface area contributed by atoms with Crippen LogP contribution in [0.1, 0.15) is 24.0 Å². The first-order chi connectivity index (χ1) is 13.3. The van der Waals surface area contributed by atoms with Crippen molar-refractivity contribution < 1.29 is 13.2 Å². The van der Waals surface area contributed by atoms with Crippen LogP contribution in [-0.2, 0) is 21.1 Å². The molecule has 2 N–H and O–H groups in total. The highest BCUT2D eigenvalue weighted by molar-refractivity contribution is 7.90. The Kier molecular flexibility index (Phi) is 8.72. The van der Waals surface area contributed by atoms with Gasteiger partial charge in [-0.2, -0.15) is 0 Å². The minimum atomic E-state index is -3.18. The van der Waals surface area contributed by atoms with Crippen molar-refractivity contribution in [1.82, 2.24) is 15.5 Å². The summed E-state index contributed by atoms with van der Waals surface area (Å²) in [6.07, 6.45) is 3.60. The minimum Gasteiger partial charge on any atom is -0.383 e. The number of guanidine groups is 1. The van der Waals surface area contributed by atoms with Crippen molar-refractivity contribution in [2.45, 2.75) is 31.2 Å². The minimum absolute atomic E-state index is 0.385. The molecular formula is C20H34N4O3S. The van der Waals surface area contributed by atoms with Crippen LogP contribution in [0.3, 0.4) is 0 Å². The van der Waals surface area contributed by atoms with Gasteiger partial charge in [-0.1, -0.05) is 12.1 Å². The Bertz CT molecular complexity index is 757. The van der Waals surface area contributed by atoms with Gasteiger partial charge in [0.2, 0.25) is 0 Å². The highest BCUT2D eigenvalue weighted by atomic mass is 32.2. The summed E-state index contributed by atoms with van der Waals surface area (Å²) < 4.78 is 28.6. The van der Waals surface area contributed by atoms with E-state index in [1.54, 1.807) is 20.2 Å². The maximum Gasteiger partial charge on any atom is 0.191 e. The predicted molar refractivity (Wildman–Crippen MR) is 114 cm³/mol. The number of hydrogen-bond donors (Lipinski definition) is 2. The molecular weight excluding hydrogens is 376 g/mol. The number of ether oxygens (including phenoxy) is 1. The molecule has 0 saturated carbocycles. The lowest BCUT2D eigenvalue weighted by Crippen LogP contribution is -2.43. The van der Waals surface area contributed by atoms with E-state index in [9.17, 15) is 8.42 Å². The zero-order chi connectivity index (χ0) is 20.6. The lowest BCUT2D eigenvalue weighted by molar-refractivity contribution is 0.121. The van der Waals surface area contributed by atoms with Crippen LogP contribution in [0.5, 0.6) is 0 Å². The first-order valence-corrected chi connectivity index (χ1v) is 11.7. The van der Waals surface area contributed by atoms with E-state index < -0.39 is 9.84 Å². The summed E-state index contributed by atoms with van der Waals surface area (Å²) in [5, 5.41) is 6.73. The van der Waals surface area contributed by atoms with Gasteiger partial charge in [0.15, 0.2) is 15.8 Å². The smallest absolute Gasteiger partial charge is 0.191 e. The van der Waals surface area contributed by atoms with Crippen LogP contribution in [0.25, 0.3) is 0 Å². The molecule has 158 valence electrons.